The lowest BCUT2D eigenvalue weighted by Gasteiger charge is -2.16. The summed E-state index contributed by atoms with van der Waals surface area (Å²) in [6.07, 6.45) is -0.202. The van der Waals surface area contributed by atoms with E-state index in [0.717, 1.165) is 16.2 Å². The molecular formula is C14H16N2O5S3. The summed E-state index contributed by atoms with van der Waals surface area (Å²) in [5.74, 6) is -1.53. The van der Waals surface area contributed by atoms with Gasteiger partial charge in [-0.25, -0.2) is 13.1 Å². The highest BCUT2D eigenvalue weighted by atomic mass is 32.2. The van der Waals surface area contributed by atoms with Crippen LogP contribution in [0.1, 0.15) is 21.0 Å². The van der Waals surface area contributed by atoms with Crippen LogP contribution in [0, 0.1) is 0 Å². The summed E-state index contributed by atoms with van der Waals surface area (Å²) in [6.45, 7) is 0.159. The molecule has 130 valence electrons. The molecule has 0 aromatic carbocycles. The summed E-state index contributed by atoms with van der Waals surface area (Å²) < 4.78 is 27.3. The molecule has 10 heteroatoms. The van der Waals surface area contributed by atoms with Crippen molar-refractivity contribution in [1.29, 1.82) is 0 Å². The highest BCUT2D eigenvalue weighted by molar-refractivity contribution is 7.89. The topological polar surface area (TPSA) is 104 Å². The third-order valence-electron chi connectivity index (χ3n) is 3.14. The van der Waals surface area contributed by atoms with Crippen LogP contribution < -0.4 is 4.72 Å². The van der Waals surface area contributed by atoms with Crippen molar-refractivity contribution < 1.29 is 23.1 Å². The quantitative estimate of drug-likeness (QED) is 0.718. The number of sulfonamides is 1. The maximum Gasteiger partial charge on any atom is 0.305 e. The molecule has 0 aliphatic heterocycles. The van der Waals surface area contributed by atoms with Crippen molar-refractivity contribution >= 4 is 44.6 Å². The monoisotopic (exact) mass is 388 g/mol. The van der Waals surface area contributed by atoms with Crippen LogP contribution in [-0.4, -0.2) is 43.9 Å². The van der Waals surface area contributed by atoms with Crippen LogP contribution in [-0.2, 0) is 21.4 Å². The lowest BCUT2D eigenvalue weighted by atomic mass is 10.3. The summed E-state index contributed by atoms with van der Waals surface area (Å²) in [5, 5.41) is 12.1. The van der Waals surface area contributed by atoms with Gasteiger partial charge in [0.2, 0.25) is 10.0 Å². The number of hydrogen-bond donors (Lipinski definition) is 2. The summed E-state index contributed by atoms with van der Waals surface area (Å²) in [6, 6.07) is 5.01. The smallest absolute Gasteiger partial charge is 0.305 e. The Bertz CT molecular complexity index is 811. The van der Waals surface area contributed by atoms with E-state index in [2.05, 4.69) is 4.72 Å². The highest BCUT2D eigenvalue weighted by Gasteiger charge is 2.26. The second-order valence-corrected chi connectivity index (χ2v) is 8.57. The third-order valence-corrected chi connectivity index (χ3v) is 6.49. The molecule has 1 amide bonds. The number of aliphatic carboxylic acids is 1. The molecule has 0 bridgehead atoms. The molecule has 0 saturated carbocycles. The van der Waals surface area contributed by atoms with Gasteiger partial charge in [0.15, 0.2) is 0 Å². The van der Waals surface area contributed by atoms with Gasteiger partial charge in [0.1, 0.15) is 9.77 Å². The fourth-order valence-corrected chi connectivity index (χ4v) is 5.02. The number of carbonyl (C=O) groups is 2. The van der Waals surface area contributed by atoms with E-state index in [1.54, 1.807) is 0 Å². The van der Waals surface area contributed by atoms with E-state index in [9.17, 15) is 18.0 Å². The van der Waals surface area contributed by atoms with Crippen molar-refractivity contribution in [3.63, 3.8) is 0 Å². The standard InChI is InChI=1S/C14H16N2O5S3/c1-16(6-4-12(17)18)14(19)13-11(5-8-23-13)24(20,21)15-9-10-3-2-7-22-10/h2-3,5,7-8,15H,4,6,9H2,1H3,(H,17,18). The van der Waals surface area contributed by atoms with Crippen LogP contribution in [0.2, 0.25) is 0 Å². The van der Waals surface area contributed by atoms with Gasteiger partial charge in [-0.05, 0) is 22.9 Å². The Labute approximate surface area is 147 Å². The number of nitrogens with one attached hydrogen (secondary N) is 1. The van der Waals surface area contributed by atoms with Crippen molar-refractivity contribution in [2.75, 3.05) is 13.6 Å². The second-order valence-electron chi connectivity index (χ2n) is 4.89. The van der Waals surface area contributed by atoms with Gasteiger partial charge < -0.3 is 10.0 Å². The van der Waals surface area contributed by atoms with E-state index in [0.29, 0.717) is 0 Å². The van der Waals surface area contributed by atoms with Crippen molar-refractivity contribution in [3.05, 3.63) is 38.7 Å². The molecule has 0 fully saturated rings. The number of rotatable bonds is 8. The molecule has 2 aromatic heterocycles. The Balaban J connectivity index is 2.13. The second kappa shape index (κ2) is 7.88. The molecule has 2 rings (SSSR count). The number of thiophene rings is 2. The Morgan fingerprint density at radius 2 is 2.00 bits per heavy atom. The predicted molar refractivity (Wildman–Crippen MR) is 91.9 cm³/mol. The maximum atomic E-state index is 12.4. The Morgan fingerprint density at radius 3 is 2.62 bits per heavy atom. The average Bonchev–Trinajstić information content (AvgIpc) is 3.20. The van der Waals surface area contributed by atoms with Gasteiger partial charge in [-0.15, -0.1) is 22.7 Å². The van der Waals surface area contributed by atoms with Crippen LogP contribution in [0.3, 0.4) is 0 Å². The van der Waals surface area contributed by atoms with Gasteiger partial charge in [0, 0.05) is 25.0 Å². The highest BCUT2D eigenvalue weighted by Crippen LogP contribution is 2.24. The van der Waals surface area contributed by atoms with Crippen molar-refractivity contribution in [1.82, 2.24) is 9.62 Å². The Hall–Kier alpha value is -1.75. The van der Waals surface area contributed by atoms with Gasteiger partial charge in [-0.2, -0.15) is 0 Å². The first-order chi connectivity index (χ1) is 11.3. The molecule has 24 heavy (non-hydrogen) atoms. The minimum Gasteiger partial charge on any atom is -0.481 e. The van der Waals surface area contributed by atoms with E-state index in [4.69, 9.17) is 5.11 Å². The van der Waals surface area contributed by atoms with E-state index >= 15 is 0 Å². The van der Waals surface area contributed by atoms with Gasteiger partial charge in [0.25, 0.3) is 5.91 Å². The van der Waals surface area contributed by atoms with Gasteiger partial charge in [-0.1, -0.05) is 6.07 Å². The lowest BCUT2D eigenvalue weighted by molar-refractivity contribution is -0.137. The number of carboxylic acids is 1. The number of hydrogen-bond acceptors (Lipinski definition) is 6. The largest absolute Gasteiger partial charge is 0.481 e. The first kappa shape index (κ1) is 18.6. The molecule has 0 spiro atoms. The van der Waals surface area contributed by atoms with E-state index in [1.165, 1.54) is 34.7 Å². The Kier molecular flexibility index (Phi) is 6.10. The van der Waals surface area contributed by atoms with Crippen molar-refractivity contribution in [2.24, 2.45) is 0 Å². The predicted octanol–water partition coefficient (Wildman–Crippen LogP) is 1.83. The van der Waals surface area contributed by atoms with E-state index in [1.807, 2.05) is 17.5 Å². The molecule has 7 nitrogen and oxygen atoms in total. The zero-order chi connectivity index (χ0) is 17.7. The Morgan fingerprint density at radius 1 is 1.25 bits per heavy atom. The number of carbonyl (C=O) groups excluding carboxylic acids is 1. The van der Waals surface area contributed by atoms with Crippen LogP contribution >= 0.6 is 22.7 Å². The van der Waals surface area contributed by atoms with E-state index in [-0.39, 0.29) is 29.3 Å². The maximum absolute atomic E-state index is 12.4. The fourth-order valence-electron chi connectivity index (χ4n) is 1.86. The third kappa shape index (κ3) is 4.63. The SMILES string of the molecule is CN(CCC(=O)O)C(=O)c1sccc1S(=O)(=O)NCc1cccs1. The van der Waals surface area contributed by atoms with Gasteiger partial charge in [0.05, 0.1) is 6.42 Å². The fraction of sp³-hybridized carbons (Fsp3) is 0.286. The van der Waals surface area contributed by atoms with Gasteiger partial charge in [-0.3, -0.25) is 9.59 Å². The van der Waals surface area contributed by atoms with Gasteiger partial charge >= 0.3 is 5.97 Å². The minimum atomic E-state index is -3.83. The van der Waals surface area contributed by atoms with Crippen molar-refractivity contribution in [3.8, 4) is 0 Å². The molecule has 2 N–H and O–H groups in total. The zero-order valence-corrected chi connectivity index (χ0v) is 15.2. The number of nitrogens with zero attached hydrogens (tertiary/aromatic N) is 1. The summed E-state index contributed by atoms with van der Waals surface area (Å²) in [5.41, 5.74) is 0. The summed E-state index contributed by atoms with van der Waals surface area (Å²) >= 11 is 2.45. The van der Waals surface area contributed by atoms with Crippen LogP contribution in [0.5, 0.6) is 0 Å². The first-order valence-electron chi connectivity index (χ1n) is 6.88. The molecule has 0 aliphatic rings. The van der Waals surface area contributed by atoms with Crippen LogP contribution in [0.25, 0.3) is 0 Å². The lowest BCUT2D eigenvalue weighted by Crippen LogP contribution is -2.31. The summed E-state index contributed by atoms with van der Waals surface area (Å²) in [4.78, 5) is 25.0. The molecular weight excluding hydrogens is 372 g/mol. The first-order valence-corrected chi connectivity index (χ1v) is 10.1. The molecule has 2 aromatic rings. The zero-order valence-electron chi connectivity index (χ0n) is 12.8. The normalized spacial score (nSPS) is 11.4. The molecule has 0 atom stereocenters. The van der Waals surface area contributed by atoms with Crippen molar-refractivity contribution in [2.45, 2.75) is 17.9 Å². The number of carboxylic acid groups (broad SMARTS) is 1. The minimum absolute atomic E-state index is 0.00811. The van der Waals surface area contributed by atoms with Crippen LogP contribution in [0.4, 0.5) is 0 Å². The summed E-state index contributed by atoms with van der Waals surface area (Å²) in [7, 11) is -2.39. The molecule has 0 aliphatic carbocycles. The van der Waals surface area contributed by atoms with E-state index < -0.39 is 21.9 Å². The molecule has 2 heterocycles. The molecule has 0 unspecified atom stereocenters. The average molecular weight is 388 g/mol. The molecule has 0 radical (unpaired) electrons. The number of amides is 1. The van der Waals surface area contributed by atoms with Crippen LogP contribution in [0.15, 0.2) is 33.9 Å². The molecule has 0 saturated heterocycles.